The summed E-state index contributed by atoms with van der Waals surface area (Å²) in [5.41, 5.74) is 0.0387. The van der Waals surface area contributed by atoms with E-state index in [1.54, 1.807) is 25.9 Å². The number of amides is 2. The van der Waals surface area contributed by atoms with Crippen molar-refractivity contribution in [3.05, 3.63) is 10.6 Å². The molecule has 0 radical (unpaired) electrons. The molecule has 0 saturated carbocycles. The van der Waals surface area contributed by atoms with E-state index in [1.165, 1.54) is 16.7 Å². The van der Waals surface area contributed by atoms with Crippen molar-refractivity contribution >= 4 is 29.5 Å². The summed E-state index contributed by atoms with van der Waals surface area (Å²) in [4.78, 5) is 39.8. The van der Waals surface area contributed by atoms with Crippen molar-refractivity contribution in [1.29, 1.82) is 0 Å². The van der Waals surface area contributed by atoms with Gasteiger partial charge in [0.2, 0.25) is 11.8 Å². The minimum atomic E-state index is -1.12. The van der Waals surface area contributed by atoms with Gasteiger partial charge in [0, 0.05) is 36.7 Å². The molecule has 2 saturated heterocycles. The normalized spacial score (nSPS) is 34.6. The number of carboxylic acid groups (broad SMARTS) is 1. The standard InChI is InChI=1S/C17H25N3O5S/c1-7-12-11(8(2)21)16(23)20(12)13(17(24)25)14(7)26-9-5-10(18-6-9)15(22)19(3)4/h7-12,18,21H,5-6H2,1-4H3,(H,24,25)/t7-,8-,9+,10+,11+,12+/m1/s1. The van der Waals surface area contributed by atoms with Crippen LogP contribution in [0, 0.1) is 11.8 Å². The Morgan fingerprint density at radius 1 is 1.38 bits per heavy atom. The topological polar surface area (TPSA) is 110 Å². The smallest absolute Gasteiger partial charge is 0.353 e. The number of carbonyl (C=O) groups is 3. The number of nitrogens with zero attached hydrogens (tertiary/aromatic N) is 2. The third kappa shape index (κ3) is 2.91. The van der Waals surface area contributed by atoms with Crippen molar-refractivity contribution in [2.45, 2.75) is 43.7 Å². The molecule has 0 aromatic rings. The monoisotopic (exact) mass is 383 g/mol. The SMILES string of the molecule is C[C@@H](O)[C@@H]1C(=O)N2C(C(=O)O)=C(S[C@@H]3CN[C@H](C(=O)N(C)C)C3)[C@H](C)[C@@H]12. The Morgan fingerprint density at radius 2 is 2.04 bits per heavy atom. The number of nitrogens with one attached hydrogen (secondary N) is 1. The number of aliphatic hydroxyl groups excluding tert-OH is 1. The van der Waals surface area contributed by atoms with Crippen LogP contribution in [0.5, 0.6) is 0 Å². The molecule has 3 rings (SSSR count). The second-order valence-corrected chi connectivity index (χ2v) is 8.78. The molecule has 0 aromatic heterocycles. The summed E-state index contributed by atoms with van der Waals surface area (Å²) < 4.78 is 0. The molecule has 0 spiro atoms. The van der Waals surface area contributed by atoms with Crippen LogP contribution in [0.15, 0.2) is 10.6 Å². The largest absolute Gasteiger partial charge is 0.477 e. The van der Waals surface area contributed by atoms with E-state index in [0.29, 0.717) is 17.9 Å². The lowest BCUT2D eigenvalue weighted by molar-refractivity contribution is -0.163. The highest BCUT2D eigenvalue weighted by molar-refractivity contribution is 8.03. The van der Waals surface area contributed by atoms with Gasteiger partial charge in [0.1, 0.15) is 5.70 Å². The summed E-state index contributed by atoms with van der Waals surface area (Å²) in [6.45, 7) is 4.08. The van der Waals surface area contributed by atoms with E-state index >= 15 is 0 Å². The van der Waals surface area contributed by atoms with Crippen molar-refractivity contribution in [1.82, 2.24) is 15.1 Å². The van der Waals surface area contributed by atoms with Crippen LogP contribution in [0.1, 0.15) is 20.3 Å². The van der Waals surface area contributed by atoms with Gasteiger partial charge in [0.25, 0.3) is 0 Å². The van der Waals surface area contributed by atoms with Crippen LogP contribution in [-0.4, -0.2) is 81.9 Å². The van der Waals surface area contributed by atoms with Crippen molar-refractivity contribution in [2.24, 2.45) is 11.8 Å². The number of carbonyl (C=O) groups excluding carboxylic acids is 2. The molecule has 0 aliphatic carbocycles. The quantitative estimate of drug-likeness (QED) is 0.559. The minimum Gasteiger partial charge on any atom is -0.477 e. The van der Waals surface area contributed by atoms with Crippen LogP contribution in [0.3, 0.4) is 0 Å². The van der Waals surface area contributed by atoms with Crippen LogP contribution < -0.4 is 5.32 Å². The fraction of sp³-hybridized carbons (Fsp3) is 0.706. The highest BCUT2D eigenvalue weighted by Gasteiger charge is 2.60. The number of aliphatic hydroxyl groups is 1. The lowest BCUT2D eigenvalue weighted by Gasteiger charge is -2.46. The number of hydrogen-bond donors (Lipinski definition) is 3. The van der Waals surface area contributed by atoms with Crippen LogP contribution >= 0.6 is 11.8 Å². The van der Waals surface area contributed by atoms with Gasteiger partial charge in [-0.05, 0) is 13.3 Å². The molecular weight excluding hydrogens is 358 g/mol. The molecule has 3 aliphatic heterocycles. The number of rotatable bonds is 5. The molecule has 26 heavy (non-hydrogen) atoms. The molecule has 3 aliphatic rings. The maximum absolute atomic E-state index is 12.3. The van der Waals surface area contributed by atoms with E-state index in [-0.39, 0.29) is 40.8 Å². The number of hydrogen-bond acceptors (Lipinski definition) is 6. The van der Waals surface area contributed by atoms with Gasteiger partial charge in [-0.2, -0.15) is 0 Å². The molecule has 3 N–H and O–H groups in total. The van der Waals surface area contributed by atoms with Gasteiger partial charge in [-0.15, -0.1) is 11.8 Å². The zero-order valence-corrected chi connectivity index (χ0v) is 16.1. The first-order valence-electron chi connectivity index (χ1n) is 8.75. The lowest BCUT2D eigenvalue weighted by Crippen LogP contribution is -2.63. The predicted molar refractivity (Wildman–Crippen MR) is 96.1 cm³/mol. The van der Waals surface area contributed by atoms with Gasteiger partial charge < -0.3 is 25.3 Å². The average Bonchev–Trinajstić information content (AvgIpc) is 3.09. The first-order chi connectivity index (χ1) is 12.1. The first-order valence-corrected chi connectivity index (χ1v) is 9.62. The molecule has 8 nitrogen and oxygen atoms in total. The Labute approximate surface area is 156 Å². The zero-order chi connectivity index (χ0) is 19.3. The third-order valence-electron chi connectivity index (χ3n) is 5.43. The summed E-state index contributed by atoms with van der Waals surface area (Å²) in [5, 5.41) is 22.8. The van der Waals surface area contributed by atoms with E-state index in [2.05, 4.69) is 5.32 Å². The number of aliphatic carboxylic acids is 1. The molecule has 6 atom stereocenters. The summed E-state index contributed by atoms with van der Waals surface area (Å²) in [6.07, 6.45) is -0.190. The molecular formula is C17H25N3O5S. The molecule has 0 bridgehead atoms. The summed E-state index contributed by atoms with van der Waals surface area (Å²) in [5.74, 6) is -2.14. The average molecular weight is 383 g/mol. The Balaban J connectivity index is 1.78. The summed E-state index contributed by atoms with van der Waals surface area (Å²) in [6, 6.07) is -0.568. The molecule has 0 aromatic carbocycles. The maximum atomic E-state index is 12.3. The highest BCUT2D eigenvalue weighted by Crippen LogP contribution is 2.51. The minimum absolute atomic E-state index is 0.00757. The molecule has 2 fully saturated rings. The highest BCUT2D eigenvalue weighted by atomic mass is 32.2. The Kier molecular flexibility index (Phi) is 5.06. The fourth-order valence-corrected chi connectivity index (χ4v) is 5.63. The van der Waals surface area contributed by atoms with Crippen molar-refractivity contribution in [3.63, 3.8) is 0 Å². The van der Waals surface area contributed by atoms with E-state index in [1.807, 2.05) is 6.92 Å². The molecule has 3 heterocycles. The van der Waals surface area contributed by atoms with Crippen molar-refractivity contribution in [3.8, 4) is 0 Å². The summed E-state index contributed by atoms with van der Waals surface area (Å²) >= 11 is 1.45. The van der Waals surface area contributed by atoms with Crippen LogP contribution in [0.25, 0.3) is 0 Å². The van der Waals surface area contributed by atoms with Gasteiger partial charge in [-0.3, -0.25) is 9.59 Å². The van der Waals surface area contributed by atoms with Gasteiger partial charge in [0.05, 0.1) is 24.1 Å². The molecule has 9 heteroatoms. The number of β-lactam (4-membered cyclic amide) rings is 1. The molecule has 2 amide bonds. The summed E-state index contributed by atoms with van der Waals surface area (Å²) in [7, 11) is 3.42. The van der Waals surface area contributed by atoms with Crippen LogP contribution in [0.4, 0.5) is 0 Å². The van der Waals surface area contributed by atoms with Crippen LogP contribution in [0.2, 0.25) is 0 Å². The number of carboxylic acids is 1. The van der Waals surface area contributed by atoms with Crippen LogP contribution in [-0.2, 0) is 14.4 Å². The lowest BCUT2D eigenvalue weighted by atomic mass is 9.79. The Hall–Kier alpha value is -1.58. The van der Waals surface area contributed by atoms with Gasteiger partial charge in [0.15, 0.2) is 0 Å². The second-order valence-electron chi connectivity index (χ2n) is 7.44. The zero-order valence-electron chi connectivity index (χ0n) is 15.3. The third-order valence-corrected chi connectivity index (χ3v) is 6.95. The number of thioether (sulfide) groups is 1. The molecule has 0 unspecified atom stereocenters. The fourth-order valence-electron chi connectivity index (χ4n) is 4.15. The van der Waals surface area contributed by atoms with Gasteiger partial charge >= 0.3 is 5.97 Å². The van der Waals surface area contributed by atoms with E-state index in [4.69, 9.17) is 0 Å². The van der Waals surface area contributed by atoms with E-state index in [9.17, 15) is 24.6 Å². The second kappa shape index (κ2) is 6.86. The Morgan fingerprint density at radius 3 is 2.58 bits per heavy atom. The van der Waals surface area contributed by atoms with Gasteiger partial charge in [-0.1, -0.05) is 6.92 Å². The van der Waals surface area contributed by atoms with Crippen molar-refractivity contribution < 1.29 is 24.6 Å². The number of fused-ring (bicyclic) bond motifs is 1. The first kappa shape index (κ1) is 19.2. The van der Waals surface area contributed by atoms with Crippen molar-refractivity contribution in [2.75, 3.05) is 20.6 Å². The predicted octanol–water partition coefficient (Wildman–Crippen LogP) is -0.308. The number of likely N-dealkylation sites (N-methyl/N-ethyl adjacent to an activating group) is 1. The Bertz CT molecular complexity index is 677. The van der Waals surface area contributed by atoms with E-state index < -0.39 is 18.0 Å². The maximum Gasteiger partial charge on any atom is 0.353 e. The van der Waals surface area contributed by atoms with E-state index in [0.717, 1.165) is 0 Å². The van der Waals surface area contributed by atoms with Gasteiger partial charge in [-0.25, -0.2) is 4.79 Å². The molecule has 144 valence electrons.